The average Bonchev–Trinajstić information content (AvgIpc) is 2.41. The highest BCUT2D eigenvalue weighted by atomic mass is 35.5. The van der Waals surface area contributed by atoms with E-state index in [1.807, 2.05) is 0 Å². The topological polar surface area (TPSA) is 57.5 Å². The van der Waals surface area contributed by atoms with Crippen molar-refractivity contribution < 1.29 is 15.0 Å². The highest BCUT2D eigenvalue weighted by Crippen LogP contribution is 2.30. The number of aliphatic hydroxyl groups excluding tert-OH is 1. The zero-order valence-electron chi connectivity index (χ0n) is 9.68. The first-order valence-electron chi connectivity index (χ1n) is 5.46. The number of rotatable bonds is 3. The Balaban J connectivity index is 2.46. The molecule has 0 fully saturated rings. The van der Waals surface area contributed by atoms with E-state index in [1.54, 1.807) is 30.3 Å². The molecule has 0 spiro atoms. The van der Waals surface area contributed by atoms with Gasteiger partial charge in [0.1, 0.15) is 6.10 Å². The van der Waals surface area contributed by atoms with Crippen molar-refractivity contribution in [3.05, 3.63) is 69.2 Å². The van der Waals surface area contributed by atoms with E-state index in [1.165, 1.54) is 12.1 Å². The van der Waals surface area contributed by atoms with Crippen LogP contribution in [0.2, 0.25) is 10.0 Å². The minimum absolute atomic E-state index is 0.0565. The molecule has 3 nitrogen and oxygen atoms in total. The van der Waals surface area contributed by atoms with Gasteiger partial charge in [-0.3, -0.25) is 0 Å². The summed E-state index contributed by atoms with van der Waals surface area (Å²) in [5, 5.41) is 20.1. The molecule has 2 N–H and O–H groups in total. The molecule has 2 aromatic rings. The zero-order valence-corrected chi connectivity index (χ0v) is 11.2. The largest absolute Gasteiger partial charge is 0.478 e. The van der Waals surface area contributed by atoms with E-state index in [-0.39, 0.29) is 5.56 Å². The van der Waals surface area contributed by atoms with Gasteiger partial charge in [-0.2, -0.15) is 0 Å². The van der Waals surface area contributed by atoms with Crippen LogP contribution in [0.15, 0.2) is 42.5 Å². The number of hydrogen-bond donors (Lipinski definition) is 2. The molecule has 2 aromatic carbocycles. The minimum atomic E-state index is -1.09. The van der Waals surface area contributed by atoms with Gasteiger partial charge in [0, 0.05) is 0 Å². The standard InChI is InChI=1S/C14H10Cl2O3/c15-11-6-5-8(7-12(11)16)13(17)9-3-1-2-4-10(9)14(18)19/h1-7,13,17H,(H,18,19). The first kappa shape index (κ1) is 13.9. The van der Waals surface area contributed by atoms with Gasteiger partial charge in [-0.05, 0) is 29.3 Å². The van der Waals surface area contributed by atoms with E-state index in [9.17, 15) is 9.90 Å². The van der Waals surface area contributed by atoms with Gasteiger partial charge in [-0.15, -0.1) is 0 Å². The maximum atomic E-state index is 11.1. The molecule has 19 heavy (non-hydrogen) atoms. The van der Waals surface area contributed by atoms with Crippen LogP contribution in [0.1, 0.15) is 27.6 Å². The van der Waals surface area contributed by atoms with E-state index >= 15 is 0 Å². The van der Waals surface area contributed by atoms with Crippen LogP contribution in [0.25, 0.3) is 0 Å². The Bertz CT molecular complexity index is 626. The Kier molecular flexibility index (Phi) is 4.10. The number of carboxylic acids is 1. The van der Waals surface area contributed by atoms with Gasteiger partial charge in [-0.1, -0.05) is 47.5 Å². The lowest BCUT2D eigenvalue weighted by Crippen LogP contribution is -2.08. The van der Waals surface area contributed by atoms with E-state index < -0.39 is 12.1 Å². The maximum absolute atomic E-state index is 11.1. The van der Waals surface area contributed by atoms with E-state index in [0.717, 1.165) is 0 Å². The van der Waals surface area contributed by atoms with Crippen LogP contribution < -0.4 is 0 Å². The molecule has 2 rings (SSSR count). The predicted octanol–water partition coefficient (Wildman–Crippen LogP) is 3.77. The van der Waals surface area contributed by atoms with Crippen molar-refractivity contribution in [3.8, 4) is 0 Å². The molecule has 0 heterocycles. The van der Waals surface area contributed by atoms with Crippen molar-refractivity contribution in [1.82, 2.24) is 0 Å². The molecule has 1 unspecified atom stereocenters. The fraction of sp³-hybridized carbons (Fsp3) is 0.0714. The van der Waals surface area contributed by atoms with Crippen molar-refractivity contribution in [3.63, 3.8) is 0 Å². The Labute approximate surface area is 120 Å². The summed E-state index contributed by atoms with van der Waals surface area (Å²) in [5.74, 6) is -1.09. The minimum Gasteiger partial charge on any atom is -0.478 e. The Morgan fingerprint density at radius 2 is 1.74 bits per heavy atom. The lowest BCUT2D eigenvalue weighted by Gasteiger charge is -2.14. The van der Waals surface area contributed by atoms with Crippen LogP contribution in [0.3, 0.4) is 0 Å². The third kappa shape index (κ3) is 2.89. The summed E-state index contributed by atoms with van der Waals surface area (Å²) < 4.78 is 0. The molecule has 0 radical (unpaired) electrons. The molecule has 0 aliphatic rings. The van der Waals surface area contributed by atoms with Gasteiger partial charge in [0.25, 0.3) is 0 Å². The van der Waals surface area contributed by atoms with E-state index in [2.05, 4.69) is 0 Å². The van der Waals surface area contributed by atoms with E-state index in [0.29, 0.717) is 21.2 Å². The van der Waals surface area contributed by atoms with Crippen LogP contribution in [0.5, 0.6) is 0 Å². The van der Waals surface area contributed by atoms with Crippen LogP contribution in [-0.4, -0.2) is 16.2 Å². The van der Waals surface area contributed by atoms with Gasteiger partial charge >= 0.3 is 5.97 Å². The third-order valence-electron chi connectivity index (χ3n) is 2.75. The van der Waals surface area contributed by atoms with Crippen molar-refractivity contribution >= 4 is 29.2 Å². The maximum Gasteiger partial charge on any atom is 0.336 e. The number of hydrogen-bond acceptors (Lipinski definition) is 2. The monoisotopic (exact) mass is 296 g/mol. The summed E-state index contributed by atoms with van der Waals surface area (Å²) in [7, 11) is 0. The van der Waals surface area contributed by atoms with Crippen molar-refractivity contribution in [2.75, 3.05) is 0 Å². The van der Waals surface area contributed by atoms with Gasteiger partial charge in [-0.25, -0.2) is 4.79 Å². The van der Waals surface area contributed by atoms with Gasteiger partial charge < -0.3 is 10.2 Å². The Morgan fingerprint density at radius 1 is 1.05 bits per heavy atom. The number of benzene rings is 2. The predicted molar refractivity (Wildman–Crippen MR) is 73.9 cm³/mol. The molecule has 0 aliphatic heterocycles. The lowest BCUT2D eigenvalue weighted by atomic mass is 9.97. The Hall–Kier alpha value is -1.55. The quantitative estimate of drug-likeness (QED) is 0.906. The summed E-state index contributed by atoms with van der Waals surface area (Å²) in [5.41, 5.74) is 0.859. The molecule has 0 bridgehead atoms. The van der Waals surface area contributed by atoms with Gasteiger partial charge in [0.15, 0.2) is 0 Å². The number of halogens is 2. The number of carboxylic acid groups (broad SMARTS) is 1. The summed E-state index contributed by atoms with van der Waals surface area (Å²) in [6, 6.07) is 11.0. The third-order valence-corrected chi connectivity index (χ3v) is 3.48. The number of carbonyl (C=O) groups is 1. The van der Waals surface area contributed by atoms with Crippen LogP contribution in [-0.2, 0) is 0 Å². The lowest BCUT2D eigenvalue weighted by molar-refractivity contribution is 0.0691. The molecule has 98 valence electrons. The first-order valence-corrected chi connectivity index (χ1v) is 6.21. The number of aromatic carboxylic acids is 1. The molecule has 0 saturated carbocycles. The first-order chi connectivity index (χ1) is 9.00. The van der Waals surface area contributed by atoms with Crippen molar-refractivity contribution in [2.24, 2.45) is 0 Å². The number of aliphatic hydroxyl groups is 1. The van der Waals surface area contributed by atoms with Crippen LogP contribution in [0, 0.1) is 0 Å². The van der Waals surface area contributed by atoms with E-state index in [4.69, 9.17) is 28.3 Å². The average molecular weight is 297 g/mol. The molecule has 0 aliphatic carbocycles. The van der Waals surface area contributed by atoms with Crippen LogP contribution >= 0.6 is 23.2 Å². The van der Waals surface area contributed by atoms with Crippen molar-refractivity contribution in [1.29, 1.82) is 0 Å². The van der Waals surface area contributed by atoms with Crippen LogP contribution in [0.4, 0.5) is 0 Å². The smallest absolute Gasteiger partial charge is 0.336 e. The second-order valence-electron chi connectivity index (χ2n) is 3.97. The highest BCUT2D eigenvalue weighted by Gasteiger charge is 2.18. The summed E-state index contributed by atoms with van der Waals surface area (Å²) in [6.45, 7) is 0. The highest BCUT2D eigenvalue weighted by molar-refractivity contribution is 6.42. The zero-order chi connectivity index (χ0) is 14.0. The molecule has 5 heteroatoms. The molecular weight excluding hydrogens is 287 g/mol. The molecule has 1 atom stereocenters. The summed E-state index contributed by atoms with van der Waals surface area (Å²) in [6.07, 6.45) is -1.07. The molecule has 0 amide bonds. The molecule has 0 aromatic heterocycles. The fourth-order valence-corrected chi connectivity index (χ4v) is 2.10. The summed E-state index contributed by atoms with van der Waals surface area (Å²) >= 11 is 11.7. The second-order valence-corrected chi connectivity index (χ2v) is 4.78. The van der Waals surface area contributed by atoms with Crippen molar-refractivity contribution in [2.45, 2.75) is 6.10 Å². The van der Waals surface area contributed by atoms with Gasteiger partial charge in [0.2, 0.25) is 0 Å². The SMILES string of the molecule is O=C(O)c1ccccc1C(O)c1ccc(Cl)c(Cl)c1. The van der Waals surface area contributed by atoms with Gasteiger partial charge in [0.05, 0.1) is 15.6 Å². The molecular formula is C14H10Cl2O3. The fourth-order valence-electron chi connectivity index (χ4n) is 1.79. The molecule has 0 saturated heterocycles. The normalized spacial score (nSPS) is 12.2. The Morgan fingerprint density at radius 3 is 2.37 bits per heavy atom. The second kappa shape index (κ2) is 5.61. The summed E-state index contributed by atoms with van der Waals surface area (Å²) in [4.78, 5) is 11.1.